The molecule has 0 unspecified atom stereocenters. The molecule has 1 aromatic heterocycles. The number of nitrogens with one attached hydrogen (secondary N) is 1. The second-order valence-electron chi connectivity index (χ2n) is 6.47. The molecule has 144 valence electrons. The van der Waals surface area contributed by atoms with E-state index in [1.54, 1.807) is 13.3 Å². The molecule has 28 heavy (non-hydrogen) atoms. The zero-order valence-electron chi connectivity index (χ0n) is 15.8. The molecule has 1 aliphatic heterocycles. The number of hydrogen-bond donors (Lipinski definition) is 1. The second-order valence-corrected chi connectivity index (χ2v) is 6.47. The number of aryl methyl sites for hydroxylation is 1. The Morgan fingerprint density at radius 2 is 1.89 bits per heavy atom. The molecule has 0 fully saturated rings. The van der Waals surface area contributed by atoms with Gasteiger partial charge in [-0.3, -0.25) is 0 Å². The largest absolute Gasteiger partial charge is 0.497 e. The van der Waals surface area contributed by atoms with Crippen molar-refractivity contribution < 1.29 is 9.47 Å². The van der Waals surface area contributed by atoms with Crippen molar-refractivity contribution in [2.24, 2.45) is 0 Å². The molecular formula is C21H23N5O2. The molecule has 0 saturated heterocycles. The summed E-state index contributed by atoms with van der Waals surface area (Å²) >= 11 is 0. The number of rotatable bonds is 7. The first kappa shape index (κ1) is 18.0. The van der Waals surface area contributed by atoms with E-state index in [1.165, 1.54) is 11.3 Å². The number of benzene rings is 2. The van der Waals surface area contributed by atoms with E-state index in [4.69, 9.17) is 9.47 Å². The van der Waals surface area contributed by atoms with Crippen molar-refractivity contribution in [3.8, 4) is 11.5 Å². The predicted molar refractivity (Wildman–Crippen MR) is 109 cm³/mol. The van der Waals surface area contributed by atoms with Gasteiger partial charge in [0.25, 0.3) is 0 Å². The molecule has 1 N–H and O–H groups in total. The predicted octanol–water partition coefficient (Wildman–Crippen LogP) is 3.46. The third kappa shape index (κ3) is 4.14. The number of ether oxygens (including phenoxy) is 2. The second kappa shape index (κ2) is 8.56. The number of hydrogen-bond acceptors (Lipinski definition) is 7. The molecule has 0 spiro atoms. The lowest BCUT2D eigenvalue weighted by Crippen LogP contribution is -2.26. The highest BCUT2D eigenvalue weighted by Gasteiger charge is 2.19. The van der Waals surface area contributed by atoms with E-state index in [9.17, 15) is 0 Å². The van der Waals surface area contributed by atoms with Crippen LogP contribution in [0.5, 0.6) is 11.5 Å². The van der Waals surface area contributed by atoms with E-state index in [-0.39, 0.29) is 0 Å². The van der Waals surface area contributed by atoms with E-state index in [0.717, 1.165) is 36.7 Å². The first-order valence-electron chi connectivity index (χ1n) is 9.39. The SMILES string of the molecule is COc1ccc(OCCNc2nncc(N3CCCc4ccccc43)n2)cc1. The van der Waals surface area contributed by atoms with E-state index in [0.29, 0.717) is 19.1 Å². The molecule has 7 nitrogen and oxygen atoms in total. The molecule has 0 aliphatic carbocycles. The Kier molecular flexibility index (Phi) is 5.51. The molecule has 7 heteroatoms. The van der Waals surface area contributed by atoms with Gasteiger partial charge in [0.15, 0.2) is 5.82 Å². The highest BCUT2D eigenvalue weighted by molar-refractivity contribution is 5.65. The molecule has 0 radical (unpaired) electrons. The van der Waals surface area contributed by atoms with Crippen molar-refractivity contribution in [2.75, 3.05) is 37.0 Å². The maximum atomic E-state index is 5.72. The molecule has 4 rings (SSSR count). The van der Waals surface area contributed by atoms with Crippen molar-refractivity contribution in [1.29, 1.82) is 0 Å². The number of methoxy groups -OCH3 is 1. The first-order valence-corrected chi connectivity index (χ1v) is 9.39. The summed E-state index contributed by atoms with van der Waals surface area (Å²) in [4.78, 5) is 6.83. The standard InChI is InChI=1S/C21H23N5O2/c1-27-17-8-10-18(11-9-17)28-14-12-22-21-24-20(15-23-25-21)26-13-4-6-16-5-2-3-7-19(16)26/h2-3,5,7-11,15H,4,6,12-14H2,1H3,(H,22,24,25). The molecule has 0 bridgehead atoms. The highest BCUT2D eigenvalue weighted by atomic mass is 16.5. The Morgan fingerprint density at radius 1 is 1.07 bits per heavy atom. The van der Waals surface area contributed by atoms with Crippen LogP contribution in [0.25, 0.3) is 0 Å². The van der Waals surface area contributed by atoms with Gasteiger partial charge in [0, 0.05) is 12.2 Å². The third-order valence-corrected chi connectivity index (χ3v) is 4.65. The average molecular weight is 377 g/mol. The van der Waals surface area contributed by atoms with Gasteiger partial charge in [0.2, 0.25) is 5.95 Å². The number of fused-ring (bicyclic) bond motifs is 1. The summed E-state index contributed by atoms with van der Waals surface area (Å²) < 4.78 is 10.9. The number of para-hydroxylation sites is 1. The van der Waals surface area contributed by atoms with E-state index in [2.05, 4.69) is 49.7 Å². The lowest BCUT2D eigenvalue weighted by molar-refractivity contribution is 0.331. The summed E-state index contributed by atoms with van der Waals surface area (Å²) in [6, 6.07) is 15.9. The summed E-state index contributed by atoms with van der Waals surface area (Å²) in [5.41, 5.74) is 2.54. The van der Waals surface area contributed by atoms with Crippen LogP contribution in [0.1, 0.15) is 12.0 Å². The van der Waals surface area contributed by atoms with Gasteiger partial charge in [0.05, 0.1) is 19.9 Å². The van der Waals surface area contributed by atoms with Crippen LogP contribution in [0.3, 0.4) is 0 Å². The van der Waals surface area contributed by atoms with Gasteiger partial charge < -0.3 is 19.7 Å². The Bertz CT molecular complexity index is 917. The molecule has 3 aromatic rings. The number of nitrogens with zero attached hydrogens (tertiary/aromatic N) is 4. The summed E-state index contributed by atoms with van der Waals surface area (Å²) in [5, 5.41) is 11.4. The fourth-order valence-corrected chi connectivity index (χ4v) is 3.28. The van der Waals surface area contributed by atoms with Gasteiger partial charge in [-0.05, 0) is 48.7 Å². The molecule has 2 aromatic carbocycles. The number of anilines is 3. The Labute approximate surface area is 164 Å². The first-order chi connectivity index (χ1) is 13.8. The van der Waals surface area contributed by atoms with Crippen LogP contribution in [0.15, 0.2) is 54.7 Å². The van der Waals surface area contributed by atoms with Crippen LogP contribution in [-0.2, 0) is 6.42 Å². The lowest BCUT2D eigenvalue weighted by Gasteiger charge is -2.30. The van der Waals surface area contributed by atoms with Gasteiger partial charge >= 0.3 is 0 Å². The van der Waals surface area contributed by atoms with E-state index >= 15 is 0 Å². The normalized spacial score (nSPS) is 13.0. The smallest absolute Gasteiger partial charge is 0.244 e. The minimum Gasteiger partial charge on any atom is -0.497 e. The fraction of sp³-hybridized carbons (Fsp3) is 0.286. The third-order valence-electron chi connectivity index (χ3n) is 4.65. The van der Waals surface area contributed by atoms with Crippen LogP contribution in [0, 0.1) is 0 Å². The minimum atomic E-state index is 0.493. The van der Waals surface area contributed by atoms with Crippen LogP contribution in [0.4, 0.5) is 17.5 Å². The van der Waals surface area contributed by atoms with Crippen LogP contribution in [-0.4, -0.2) is 42.0 Å². The molecular weight excluding hydrogens is 354 g/mol. The van der Waals surface area contributed by atoms with Gasteiger partial charge in [-0.25, -0.2) is 0 Å². The zero-order chi connectivity index (χ0) is 19.2. The van der Waals surface area contributed by atoms with Gasteiger partial charge in [0.1, 0.15) is 18.1 Å². The minimum absolute atomic E-state index is 0.493. The Balaban J connectivity index is 1.35. The fourth-order valence-electron chi connectivity index (χ4n) is 3.28. The van der Waals surface area contributed by atoms with Gasteiger partial charge in [-0.2, -0.15) is 10.1 Å². The van der Waals surface area contributed by atoms with Crippen molar-refractivity contribution in [2.45, 2.75) is 12.8 Å². The lowest BCUT2D eigenvalue weighted by atomic mass is 10.0. The summed E-state index contributed by atoms with van der Waals surface area (Å²) in [7, 11) is 1.64. The quantitative estimate of drug-likeness (QED) is 0.632. The molecule has 0 saturated carbocycles. The van der Waals surface area contributed by atoms with Crippen LogP contribution < -0.4 is 19.7 Å². The van der Waals surface area contributed by atoms with Crippen molar-refractivity contribution in [3.63, 3.8) is 0 Å². The van der Waals surface area contributed by atoms with Crippen LogP contribution in [0.2, 0.25) is 0 Å². The van der Waals surface area contributed by atoms with E-state index < -0.39 is 0 Å². The van der Waals surface area contributed by atoms with Gasteiger partial charge in [-0.15, -0.1) is 5.10 Å². The maximum Gasteiger partial charge on any atom is 0.244 e. The molecule has 1 aliphatic rings. The van der Waals surface area contributed by atoms with Crippen molar-refractivity contribution in [3.05, 3.63) is 60.3 Å². The monoisotopic (exact) mass is 377 g/mol. The molecule has 0 atom stereocenters. The summed E-state index contributed by atoms with van der Waals surface area (Å²) in [6.45, 7) is 2.00. The zero-order valence-corrected chi connectivity index (χ0v) is 15.8. The summed E-state index contributed by atoms with van der Waals surface area (Å²) in [5.74, 6) is 2.90. The summed E-state index contributed by atoms with van der Waals surface area (Å²) in [6.07, 6.45) is 3.90. The van der Waals surface area contributed by atoms with E-state index in [1.807, 2.05) is 24.3 Å². The maximum absolute atomic E-state index is 5.72. The molecule has 2 heterocycles. The number of aromatic nitrogens is 3. The Hall–Kier alpha value is -3.35. The topological polar surface area (TPSA) is 72.4 Å². The Morgan fingerprint density at radius 3 is 2.75 bits per heavy atom. The average Bonchev–Trinajstić information content (AvgIpc) is 2.77. The van der Waals surface area contributed by atoms with Gasteiger partial charge in [-0.1, -0.05) is 18.2 Å². The molecule has 0 amide bonds. The highest BCUT2D eigenvalue weighted by Crippen LogP contribution is 2.31. The van der Waals surface area contributed by atoms with Crippen LogP contribution >= 0.6 is 0 Å². The van der Waals surface area contributed by atoms with Crippen molar-refractivity contribution >= 4 is 17.5 Å². The van der Waals surface area contributed by atoms with Crippen molar-refractivity contribution in [1.82, 2.24) is 15.2 Å².